The predicted octanol–water partition coefficient (Wildman–Crippen LogP) is 2.68. The molecule has 0 aliphatic heterocycles. The number of aldehydes is 1. The number of benzene rings is 1. The van der Waals surface area contributed by atoms with E-state index in [4.69, 9.17) is 16.0 Å². The zero-order valence-electron chi connectivity index (χ0n) is 11.4. The zero-order chi connectivity index (χ0) is 15.7. The lowest BCUT2D eigenvalue weighted by molar-refractivity contribution is 0.112. The number of aryl methyl sites for hydroxylation is 1. The molecule has 3 aromatic rings. The van der Waals surface area contributed by atoms with Gasteiger partial charge in [-0.3, -0.25) is 9.59 Å². The first kappa shape index (κ1) is 14.8. The Morgan fingerprint density at radius 2 is 2.27 bits per heavy atom. The summed E-state index contributed by atoms with van der Waals surface area (Å²) in [4.78, 5) is 23.0. The molecule has 0 aliphatic rings. The van der Waals surface area contributed by atoms with Crippen LogP contribution in [0.15, 0.2) is 39.1 Å². The highest BCUT2D eigenvalue weighted by molar-refractivity contribution is 7.98. The minimum Gasteiger partial charge on any atom is -0.463 e. The summed E-state index contributed by atoms with van der Waals surface area (Å²) in [6.45, 7) is 0. The molecule has 0 unspecified atom stereocenters. The Balaban J connectivity index is 2.06. The van der Waals surface area contributed by atoms with E-state index in [1.165, 1.54) is 24.1 Å². The number of aromatic nitrogens is 3. The molecule has 0 N–H and O–H groups in total. The van der Waals surface area contributed by atoms with Crippen LogP contribution in [0.3, 0.4) is 0 Å². The van der Waals surface area contributed by atoms with Crippen LogP contribution in [0.2, 0.25) is 5.02 Å². The molecule has 8 heteroatoms. The number of halogens is 1. The van der Waals surface area contributed by atoms with E-state index in [9.17, 15) is 9.59 Å². The van der Waals surface area contributed by atoms with Gasteiger partial charge in [-0.15, -0.1) is 10.2 Å². The first-order valence-electron chi connectivity index (χ1n) is 6.26. The summed E-state index contributed by atoms with van der Waals surface area (Å²) in [5, 5.41) is 9.23. The molecule has 0 saturated heterocycles. The summed E-state index contributed by atoms with van der Waals surface area (Å²) in [6, 6.07) is 3.24. The van der Waals surface area contributed by atoms with Crippen molar-refractivity contribution in [1.82, 2.24) is 14.8 Å². The molecular weight excluding hydrogens is 326 g/mol. The van der Waals surface area contributed by atoms with E-state index in [0.29, 0.717) is 28.0 Å². The highest BCUT2D eigenvalue weighted by Gasteiger charge is 2.13. The summed E-state index contributed by atoms with van der Waals surface area (Å²) < 4.78 is 7.24. The molecule has 0 radical (unpaired) electrons. The number of carbonyl (C=O) groups excluding carboxylic acids is 1. The van der Waals surface area contributed by atoms with Gasteiger partial charge in [0.2, 0.25) is 5.43 Å². The van der Waals surface area contributed by atoms with Crippen molar-refractivity contribution in [3.8, 4) is 0 Å². The van der Waals surface area contributed by atoms with E-state index in [1.54, 1.807) is 17.0 Å². The van der Waals surface area contributed by atoms with Crippen molar-refractivity contribution in [2.24, 2.45) is 7.05 Å². The van der Waals surface area contributed by atoms with Crippen molar-refractivity contribution >= 4 is 40.6 Å². The van der Waals surface area contributed by atoms with Gasteiger partial charge in [-0.05, 0) is 12.1 Å². The number of nitrogens with zero attached hydrogens (tertiary/aromatic N) is 3. The van der Waals surface area contributed by atoms with E-state index in [-0.39, 0.29) is 11.0 Å². The van der Waals surface area contributed by atoms with Crippen LogP contribution in [-0.4, -0.2) is 21.1 Å². The molecule has 112 valence electrons. The maximum Gasteiger partial charge on any atom is 0.203 e. The topological polar surface area (TPSA) is 78.0 Å². The Bertz CT molecular complexity index is 919. The fraction of sp³-hybridized carbons (Fsp3) is 0.143. The summed E-state index contributed by atoms with van der Waals surface area (Å²) >= 11 is 7.52. The van der Waals surface area contributed by atoms with E-state index in [0.717, 1.165) is 10.7 Å². The lowest BCUT2D eigenvalue weighted by atomic mass is 10.1. The molecule has 6 nitrogen and oxygen atoms in total. The normalized spacial score (nSPS) is 11.0. The van der Waals surface area contributed by atoms with Crippen molar-refractivity contribution in [2.45, 2.75) is 10.9 Å². The van der Waals surface area contributed by atoms with E-state index < -0.39 is 0 Å². The summed E-state index contributed by atoms with van der Waals surface area (Å²) in [5.74, 6) is 0.507. The van der Waals surface area contributed by atoms with Crippen LogP contribution in [0.1, 0.15) is 15.9 Å². The van der Waals surface area contributed by atoms with Crippen LogP contribution in [-0.2, 0) is 12.8 Å². The number of hydrogen-bond donors (Lipinski definition) is 0. The molecule has 0 saturated carbocycles. The van der Waals surface area contributed by atoms with Gasteiger partial charge in [0, 0.05) is 23.4 Å². The maximum absolute atomic E-state index is 12.2. The van der Waals surface area contributed by atoms with Gasteiger partial charge in [-0.25, -0.2) is 0 Å². The molecule has 0 atom stereocenters. The second kappa shape index (κ2) is 5.94. The molecule has 0 bridgehead atoms. The van der Waals surface area contributed by atoms with Crippen molar-refractivity contribution in [2.75, 3.05) is 0 Å². The summed E-state index contributed by atoms with van der Waals surface area (Å²) in [7, 11) is 1.84. The molecule has 0 spiro atoms. The minimum atomic E-state index is -0.386. The summed E-state index contributed by atoms with van der Waals surface area (Å²) in [5.41, 5.74) is 0.769. The van der Waals surface area contributed by atoms with Gasteiger partial charge >= 0.3 is 0 Å². The maximum atomic E-state index is 12.2. The lowest BCUT2D eigenvalue weighted by Crippen LogP contribution is -2.08. The average Bonchev–Trinajstić information content (AvgIpc) is 2.91. The smallest absolute Gasteiger partial charge is 0.203 e. The first-order valence-corrected chi connectivity index (χ1v) is 7.62. The summed E-state index contributed by atoms with van der Waals surface area (Å²) in [6.07, 6.45) is 3.25. The van der Waals surface area contributed by atoms with Crippen molar-refractivity contribution < 1.29 is 9.21 Å². The fourth-order valence-corrected chi connectivity index (χ4v) is 3.12. The standard InChI is InChI=1S/C14H10ClN3O3S/c1-18-7-16-17-14(18)22-6-8-2-10(15)3-11-12(20)9(4-19)5-21-13(8)11/h2-5,7H,6H2,1H3. The molecular formula is C14H10ClN3O3S. The molecule has 1 aromatic carbocycles. The van der Waals surface area contributed by atoms with E-state index in [1.807, 2.05) is 7.05 Å². The van der Waals surface area contributed by atoms with Crippen LogP contribution in [0.25, 0.3) is 11.0 Å². The van der Waals surface area contributed by atoms with Gasteiger partial charge in [0.05, 0.1) is 10.9 Å². The van der Waals surface area contributed by atoms with Gasteiger partial charge in [0.15, 0.2) is 11.4 Å². The molecule has 0 aliphatic carbocycles. The SMILES string of the molecule is Cn1cnnc1SCc1cc(Cl)cc2c(=O)c(C=O)coc12. The van der Waals surface area contributed by atoms with Crippen LogP contribution < -0.4 is 5.43 Å². The number of carbonyl (C=O) groups is 1. The van der Waals surface area contributed by atoms with Crippen molar-refractivity contribution in [3.63, 3.8) is 0 Å². The number of fused-ring (bicyclic) bond motifs is 1. The largest absolute Gasteiger partial charge is 0.463 e. The second-order valence-corrected chi connectivity index (χ2v) is 5.97. The van der Waals surface area contributed by atoms with Crippen LogP contribution in [0.4, 0.5) is 0 Å². The van der Waals surface area contributed by atoms with Gasteiger partial charge in [-0.2, -0.15) is 0 Å². The molecule has 0 fully saturated rings. The average molecular weight is 336 g/mol. The van der Waals surface area contributed by atoms with Crippen molar-refractivity contribution in [1.29, 1.82) is 0 Å². The third kappa shape index (κ3) is 2.65. The van der Waals surface area contributed by atoms with E-state index in [2.05, 4.69) is 10.2 Å². The molecule has 0 amide bonds. The molecule has 2 heterocycles. The Labute approximate surface area is 134 Å². The van der Waals surface area contributed by atoms with Gasteiger partial charge in [0.25, 0.3) is 0 Å². The highest BCUT2D eigenvalue weighted by atomic mass is 35.5. The highest BCUT2D eigenvalue weighted by Crippen LogP contribution is 2.28. The van der Waals surface area contributed by atoms with Crippen molar-refractivity contribution in [3.05, 3.63) is 51.1 Å². The number of rotatable bonds is 4. The first-order chi connectivity index (χ1) is 10.6. The fourth-order valence-electron chi connectivity index (χ4n) is 2.02. The van der Waals surface area contributed by atoms with Crippen LogP contribution >= 0.6 is 23.4 Å². The monoisotopic (exact) mass is 335 g/mol. The van der Waals surface area contributed by atoms with Gasteiger partial charge in [-0.1, -0.05) is 23.4 Å². The Morgan fingerprint density at radius 3 is 2.95 bits per heavy atom. The predicted molar refractivity (Wildman–Crippen MR) is 83.4 cm³/mol. The minimum absolute atomic E-state index is 0.0262. The van der Waals surface area contributed by atoms with Crippen LogP contribution in [0, 0.1) is 0 Å². The van der Waals surface area contributed by atoms with Gasteiger partial charge < -0.3 is 8.98 Å². The second-order valence-electron chi connectivity index (χ2n) is 4.59. The third-order valence-electron chi connectivity index (χ3n) is 3.09. The van der Waals surface area contributed by atoms with Gasteiger partial charge in [0.1, 0.15) is 18.2 Å². The third-order valence-corrected chi connectivity index (χ3v) is 4.40. The molecule has 2 aromatic heterocycles. The Morgan fingerprint density at radius 1 is 1.45 bits per heavy atom. The molecule has 22 heavy (non-hydrogen) atoms. The molecule has 3 rings (SSSR count). The quantitative estimate of drug-likeness (QED) is 0.539. The Kier molecular flexibility index (Phi) is 4.00. The van der Waals surface area contributed by atoms with Crippen LogP contribution in [0.5, 0.6) is 0 Å². The van der Waals surface area contributed by atoms with E-state index >= 15 is 0 Å². The zero-order valence-corrected chi connectivity index (χ0v) is 13.0. The Hall–Kier alpha value is -2.12. The number of hydrogen-bond acceptors (Lipinski definition) is 6. The number of thioether (sulfide) groups is 1. The lowest BCUT2D eigenvalue weighted by Gasteiger charge is -2.06.